The van der Waals surface area contributed by atoms with Gasteiger partial charge in [0.25, 0.3) is 0 Å². The molecule has 0 unspecified atom stereocenters. The molecule has 0 radical (unpaired) electrons. The molecule has 0 aliphatic carbocycles. The van der Waals surface area contributed by atoms with Crippen molar-refractivity contribution < 1.29 is 25.7 Å². The summed E-state index contributed by atoms with van der Waals surface area (Å²) in [6.45, 7) is 22.1. The lowest BCUT2D eigenvalue weighted by molar-refractivity contribution is 0.270. The van der Waals surface area contributed by atoms with Gasteiger partial charge in [0.15, 0.2) is 16.6 Å². The first-order chi connectivity index (χ1) is 17.8. The second kappa shape index (κ2) is 12.8. The molecule has 232 valence electrons. The molecule has 2 aromatic rings. The van der Waals surface area contributed by atoms with Gasteiger partial charge in [0.05, 0.1) is 30.8 Å². The van der Waals surface area contributed by atoms with Crippen LogP contribution in [0.25, 0.3) is 0 Å². The molecule has 16 heteroatoms. The van der Waals surface area contributed by atoms with Crippen LogP contribution in [-0.4, -0.2) is 88.2 Å². The van der Waals surface area contributed by atoms with Gasteiger partial charge in [0.1, 0.15) is 12.7 Å². The standard InChI is InChI=1S/2C12H25N3O3SSi/c1-12(2,3)20(6,7)18-9-11-8-15(10-13-11)19(16,17)14(4)5;1-12(2,3)20(6,7)18-9-11-8-13-10-15(11)19(16,17)14(4)5/h2*8,10H,9H2,1-7H3. The summed E-state index contributed by atoms with van der Waals surface area (Å²) in [5, 5.41) is 0.198. The van der Waals surface area contributed by atoms with E-state index in [4.69, 9.17) is 8.85 Å². The van der Waals surface area contributed by atoms with Gasteiger partial charge in [-0.15, -0.1) is 0 Å². The van der Waals surface area contributed by atoms with Crippen molar-refractivity contribution in [2.24, 2.45) is 0 Å². The third kappa shape index (κ3) is 9.04. The van der Waals surface area contributed by atoms with Gasteiger partial charge < -0.3 is 8.85 Å². The topological polar surface area (TPSA) is 129 Å². The Morgan fingerprint density at radius 3 is 1.65 bits per heavy atom. The zero-order chi connectivity index (χ0) is 31.5. The van der Waals surface area contributed by atoms with E-state index in [2.05, 4.69) is 77.7 Å². The van der Waals surface area contributed by atoms with E-state index in [0.717, 1.165) is 12.6 Å². The third-order valence-corrected chi connectivity index (χ3v) is 19.9. The monoisotopic (exact) mass is 638 g/mol. The average molecular weight is 639 g/mol. The second-order valence-corrected chi connectivity index (χ2v) is 26.7. The molecule has 0 aliphatic rings. The molecular weight excluding hydrogens is 589 g/mol. The van der Waals surface area contributed by atoms with Crippen molar-refractivity contribution in [3.8, 4) is 0 Å². The maximum atomic E-state index is 12.1. The zero-order valence-electron chi connectivity index (χ0n) is 26.7. The van der Waals surface area contributed by atoms with Crippen LogP contribution >= 0.6 is 0 Å². The smallest absolute Gasteiger partial charge is 0.308 e. The van der Waals surface area contributed by atoms with Crippen molar-refractivity contribution in [2.75, 3.05) is 28.2 Å². The summed E-state index contributed by atoms with van der Waals surface area (Å²) in [6.07, 6.45) is 5.65. The van der Waals surface area contributed by atoms with Crippen LogP contribution in [0.1, 0.15) is 52.9 Å². The summed E-state index contributed by atoms with van der Waals surface area (Å²) in [5.74, 6) is 0. The highest BCUT2D eigenvalue weighted by molar-refractivity contribution is 7.87. The normalized spacial score (nSPS) is 14.0. The fourth-order valence-electron chi connectivity index (χ4n) is 2.47. The molecule has 0 saturated heterocycles. The minimum absolute atomic E-state index is 0.0816. The Bertz CT molecular complexity index is 1320. The van der Waals surface area contributed by atoms with Gasteiger partial charge >= 0.3 is 20.4 Å². The number of imidazole rings is 2. The lowest BCUT2D eigenvalue weighted by Crippen LogP contribution is -2.41. The van der Waals surface area contributed by atoms with Gasteiger partial charge in [0.2, 0.25) is 0 Å². The van der Waals surface area contributed by atoms with Crippen LogP contribution in [0.2, 0.25) is 36.3 Å². The van der Waals surface area contributed by atoms with Gasteiger partial charge in [-0.3, -0.25) is 0 Å². The van der Waals surface area contributed by atoms with Crippen molar-refractivity contribution in [3.63, 3.8) is 0 Å². The van der Waals surface area contributed by atoms with Gasteiger partial charge in [0, 0.05) is 34.4 Å². The maximum absolute atomic E-state index is 12.1. The van der Waals surface area contributed by atoms with E-state index in [-0.39, 0.29) is 16.7 Å². The number of nitrogens with zero attached hydrogens (tertiary/aromatic N) is 6. The number of hydrogen-bond donors (Lipinski definition) is 0. The highest BCUT2D eigenvalue weighted by Crippen LogP contribution is 2.38. The van der Waals surface area contributed by atoms with E-state index in [1.807, 2.05) is 0 Å². The van der Waals surface area contributed by atoms with Crippen molar-refractivity contribution in [3.05, 3.63) is 36.4 Å². The summed E-state index contributed by atoms with van der Waals surface area (Å²) in [7, 11) is -4.85. The molecule has 2 aromatic heterocycles. The van der Waals surface area contributed by atoms with Crippen LogP contribution in [0.4, 0.5) is 0 Å². The molecule has 12 nitrogen and oxygen atoms in total. The number of rotatable bonds is 10. The fraction of sp³-hybridized carbons (Fsp3) is 0.750. The largest absolute Gasteiger partial charge is 0.411 e. The minimum atomic E-state index is -3.54. The first-order valence-electron chi connectivity index (χ1n) is 13.0. The first kappa shape index (κ1) is 36.6. The summed E-state index contributed by atoms with van der Waals surface area (Å²) >= 11 is 0. The van der Waals surface area contributed by atoms with Crippen LogP contribution in [0, 0.1) is 0 Å². The molecule has 40 heavy (non-hydrogen) atoms. The van der Waals surface area contributed by atoms with Crippen LogP contribution in [0.5, 0.6) is 0 Å². The van der Waals surface area contributed by atoms with Gasteiger partial charge in [-0.05, 0) is 36.3 Å². The summed E-state index contributed by atoms with van der Waals surface area (Å²) in [4.78, 5) is 8.03. The Hall–Kier alpha value is -1.41. The average Bonchev–Trinajstić information content (AvgIpc) is 3.45. The van der Waals surface area contributed by atoms with E-state index >= 15 is 0 Å². The molecule has 0 aliphatic heterocycles. The number of aromatic nitrogens is 4. The van der Waals surface area contributed by atoms with Gasteiger partial charge in [-0.2, -0.15) is 25.4 Å². The van der Waals surface area contributed by atoms with Crippen molar-refractivity contribution in [2.45, 2.75) is 91.0 Å². The summed E-state index contributed by atoms with van der Waals surface area (Å²) in [5.41, 5.74) is 1.17. The predicted octanol–water partition coefficient (Wildman–Crippen LogP) is 4.12. The summed E-state index contributed by atoms with van der Waals surface area (Å²) < 4.78 is 64.8. The highest BCUT2D eigenvalue weighted by Gasteiger charge is 2.38. The zero-order valence-corrected chi connectivity index (χ0v) is 30.3. The molecule has 0 fully saturated rings. The Kier molecular flexibility index (Phi) is 11.8. The molecule has 2 rings (SSSR count). The highest BCUT2D eigenvalue weighted by atomic mass is 32.2. The van der Waals surface area contributed by atoms with Crippen molar-refractivity contribution in [1.29, 1.82) is 0 Å². The molecule has 0 N–H and O–H groups in total. The lowest BCUT2D eigenvalue weighted by atomic mass is 10.2. The fourth-order valence-corrected chi connectivity index (χ4v) is 6.07. The maximum Gasteiger partial charge on any atom is 0.308 e. The van der Waals surface area contributed by atoms with Gasteiger partial charge in [-0.1, -0.05) is 41.5 Å². The van der Waals surface area contributed by atoms with Crippen LogP contribution < -0.4 is 0 Å². The van der Waals surface area contributed by atoms with E-state index in [1.165, 1.54) is 57.2 Å². The molecule has 0 spiro atoms. The van der Waals surface area contributed by atoms with E-state index in [1.54, 1.807) is 0 Å². The first-order valence-corrected chi connectivity index (χ1v) is 21.6. The molecule has 0 saturated carbocycles. The minimum Gasteiger partial charge on any atom is -0.411 e. The molecule has 2 heterocycles. The van der Waals surface area contributed by atoms with Crippen molar-refractivity contribution >= 4 is 37.1 Å². The third-order valence-electron chi connectivity index (χ3n) is 7.50. The second-order valence-electron chi connectivity index (χ2n) is 13.1. The lowest BCUT2D eigenvalue weighted by Gasteiger charge is -2.36. The number of hydrogen-bond acceptors (Lipinski definition) is 8. The van der Waals surface area contributed by atoms with E-state index < -0.39 is 37.1 Å². The van der Waals surface area contributed by atoms with E-state index in [0.29, 0.717) is 18.0 Å². The predicted molar refractivity (Wildman–Crippen MR) is 164 cm³/mol. The van der Waals surface area contributed by atoms with Crippen LogP contribution in [0.15, 0.2) is 25.0 Å². The quantitative estimate of drug-likeness (QED) is 0.356. The Morgan fingerprint density at radius 1 is 0.775 bits per heavy atom. The molecule has 0 aromatic carbocycles. The Labute approximate surface area is 244 Å². The SMILES string of the molecule is CN(C)S(=O)(=O)n1cnc(CO[Si](C)(C)C(C)(C)C)c1.CN(C)S(=O)(=O)n1cncc1CO[Si](C)(C)C(C)(C)C. The van der Waals surface area contributed by atoms with E-state index in [9.17, 15) is 16.8 Å². The molecule has 0 bridgehead atoms. The summed E-state index contributed by atoms with van der Waals surface area (Å²) in [6, 6.07) is 0. The Balaban J connectivity index is 0.000000400. The van der Waals surface area contributed by atoms with Gasteiger partial charge in [-0.25, -0.2) is 17.9 Å². The molecule has 0 atom stereocenters. The Morgan fingerprint density at radius 2 is 1.23 bits per heavy atom. The van der Waals surface area contributed by atoms with Crippen LogP contribution in [0.3, 0.4) is 0 Å². The molecule has 0 amide bonds. The van der Waals surface area contributed by atoms with Crippen LogP contribution in [-0.2, 0) is 42.5 Å². The molecular formula is C24H50N6O6S2Si2. The van der Waals surface area contributed by atoms with Crippen molar-refractivity contribution in [1.82, 2.24) is 26.5 Å².